The van der Waals surface area contributed by atoms with Crippen LogP contribution in [0.4, 0.5) is 0 Å². The van der Waals surface area contributed by atoms with Crippen LogP contribution in [0.5, 0.6) is 0 Å². The second-order valence-corrected chi connectivity index (χ2v) is 8.51. The normalized spacial score (nSPS) is 49.7. The molecule has 3 fully saturated rings. The number of fused-ring (bicyclic) bond motifs is 2. The summed E-state index contributed by atoms with van der Waals surface area (Å²) in [5.74, 6) is 0.936. The van der Waals surface area contributed by atoms with Gasteiger partial charge in [-0.3, -0.25) is 5.43 Å². The van der Waals surface area contributed by atoms with Crippen molar-refractivity contribution in [2.75, 3.05) is 0 Å². The molecule has 2 saturated carbocycles. The Morgan fingerprint density at radius 1 is 1.00 bits per heavy atom. The average Bonchev–Trinajstić information content (AvgIpc) is 2.78. The summed E-state index contributed by atoms with van der Waals surface area (Å²) in [6, 6.07) is 2.06. The minimum absolute atomic E-state index is 0.462. The molecule has 0 amide bonds. The van der Waals surface area contributed by atoms with Gasteiger partial charge in [0.05, 0.1) is 0 Å². The molecule has 0 radical (unpaired) electrons. The van der Waals surface area contributed by atoms with Crippen molar-refractivity contribution in [2.45, 2.75) is 91.3 Å². The zero-order valence-corrected chi connectivity index (χ0v) is 13.5. The summed E-state index contributed by atoms with van der Waals surface area (Å²) >= 11 is 0. The predicted molar refractivity (Wildman–Crippen MR) is 80.8 cm³/mol. The van der Waals surface area contributed by atoms with Crippen molar-refractivity contribution < 1.29 is 0 Å². The molecule has 110 valence electrons. The minimum atomic E-state index is 0.462. The Kier molecular flexibility index (Phi) is 3.26. The van der Waals surface area contributed by atoms with E-state index in [1.807, 2.05) is 0 Å². The second-order valence-electron chi connectivity index (χ2n) is 8.51. The van der Waals surface area contributed by atoms with E-state index in [4.69, 9.17) is 0 Å². The third kappa shape index (κ3) is 2.06. The van der Waals surface area contributed by atoms with Crippen LogP contribution in [0.15, 0.2) is 0 Å². The van der Waals surface area contributed by atoms with Crippen LogP contribution in [-0.2, 0) is 0 Å². The van der Waals surface area contributed by atoms with Gasteiger partial charge in [-0.1, -0.05) is 27.2 Å². The zero-order chi connectivity index (χ0) is 13.8. The van der Waals surface area contributed by atoms with E-state index in [1.54, 1.807) is 0 Å². The minimum Gasteiger partial charge on any atom is -0.251 e. The number of nitrogens with one attached hydrogen (secondary N) is 1. The highest BCUT2D eigenvalue weighted by atomic mass is 15.5. The number of rotatable bonds is 2. The fraction of sp³-hybridized carbons (Fsp3) is 1.00. The molecule has 0 spiro atoms. The number of hydrogen-bond acceptors (Lipinski definition) is 2. The fourth-order valence-corrected chi connectivity index (χ4v) is 5.45. The second kappa shape index (κ2) is 4.46. The summed E-state index contributed by atoms with van der Waals surface area (Å²) in [5, 5.41) is 2.60. The predicted octanol–water partition coefficient (Wildman–Crippen LogP) is 3.97. The zero-order valence-electron chi connectivity index (χ0n) is 13.5. The Bertz CT molecular complexity index is 336. The first-order chi connectivity index (χ1) is 8.84. The Hall–Kier alpha value is -0.0800. The SMILES string of the molecule is CC1CCCC(C)N1NC1C(C)(C)[C@H]2CC[C@]1(C)C2. The lowest BCUT2D eigenvalue weighted by atomic mass is 9.68. The van der Waals surface area contributed by atoms with Gasteiger partial charge in [0.1, 0.15) is 0 Å². The molecule has 3 unspecified atom stereocenters. The summed E-state index contributed by atoms with van der Waals surface area (Å²) < 4.78 is 0. The lowest BCUT2D eigenvalue weighted by Crippen LogP contribution is -2.61. The van der Waals surface area contributed by atoms with Crippen molar-refractivity contribution in [3.05, 3.63) is 0 Å². The molecule has 1 heterocycles. The highest BCUT2D eigenvalue weighted by molar-refractivity contribution is 5.12. The maximum atomic E-state index is 4.01. The van der Waals surface area contributed by atoms with Crippen molar-refractivity contribution in [3.8, 4) is 0 Å². The third-order valence-electron chi connectivity index (χ3n) is 6.74. The van der Waals surface area contributed by atoms with Crippen LogP contribution in [0.2, 0.25) is 0 Å². The maximum Gasteiger partial charge on any atom is 0.0323 e. The first-order valence-corrected chi connectivity index (χ1v) is 8.39. The van der Waals surface area contributed by atoms with Gasteiger partial charge in [-0.25, -0.2) is 5.01 Å². The van der Waals surface area contributed by atoms with E-state index in [9.17, 15) is 0 Å². The molecule has 2 nitrogen and oxygen atoms in total. The third-order valence-corrected chi connectivity index (χ3v) is 6.74. The maximum absolute atomic E-state index is 4.01. The summed E-state index contributed by atoms with van der Waals surface area (Å²) in [6.07, 6.45) is 8.42. The standard InChI is InChI=1S/C17H32N2/c1-12-7-6-8-13(2)19(12)18-15-16(3,4)14-9-10-17(15,5)11-14/h12-15,18H,6-11H2,1-5H3/t12?,13?,14-,15?,17+/m0/s1. The molecule has 0 aromatic carbocycles. The number of piperidine rings is 1. The van der Waals surface area contributed by atoms with Crippen LogP contribution in [0, 0.1) is 16.7 Å². The van der Waals surface area contributed by atoms with E-state index >= 15 is 0 Å². The van der Waals surface area contributed by atoms with Gasteiger partial charge in [0.15, 0.2) is 0 Å². The van der Waals surface area contributed by atoms with Gasteiger partial charge in [0, 0.05) is 18.1 Å². The van der Waals surface area contributed by atoms with Crippen LogP contribution < -0.4 is 5.43 Å². The molecule has 1 saturated heterocycles. The van der Waals surface area contributed by atoms with Gasteiger partial charge >= 0.3 is 0 Å². The van der Waals surface area contributed by atoms with E-state index in [2.05, 4.69) is 45.1 Å². The Morgan fingerprint density at radius 2 is 1.63 bits per heavy atom. The monoisotopic (exact) mass is 264 g/mol. The van der Waals surface area contributed by atoms with Gasteiger partial charge in [-0.05, 0) is 62.7 Å². The van der Waals surface area contributed by atoms with Gasteiger partial charge in [0.2, 0.25) is 0 Å². The van der Waals surface area contributed by atoms with Crippen LogP contribution in [0.1, 0.15) is 73.1 Å². The number of hydrogen-bond donors (Lipinski definition) is 1. The van der Waals surface area contributed by atoms with E-state index in [0.717, 1.165) is 5.92 Å². The molecule has 1 aliphatic heterocycles. The molecule has 3 rings (SSSR count). The van der Waals surface area contributed by atoms with Crippen molar-refractivity contribution in [1.29, 1.82) is 0 Å². The topological polar surface area (TPSA) is 15.3 Å². The lowest BCUT2D eigenvalue weighted by Gasteiger charge is -2.49. The smallest absolute Gasteiger partial charge is 0.0323 e. The molecule has 2 heteroatoms. The van der Waals surface area contributed by atoms with Gasteiger partial charge in [0.25, 0.3) is 0 Å². The van der Waals surface area contributed by atoms with Crippen molar-refractivity contribution in [2.24, 2.45) is 16.7 Å². The fourth-order valence-electron chi connectivity index (χ4n) is 5.45. The van der Waals surface area contributed by atoms with Crippen molar-refractivity contribution in [1.82, 2.24) is 10.4 Å². The van der Waals surface area contributed by atoms with Crippen molar-refractivity contribution >= 4 is 0 Å². The lowest BCUT2D eigenvalue weighted by molar-refractivity contribution is -0.0278. The molecule has 1 N–H and O–H groups in total. The summed E-state index contributed by atoms with van der Waals surface area (Å²) in [7, 11) is 0. The number of hydrazine groups is 1. The van der Waals surface area contributed by atoms with Gasteiger partial charge in [-0.2, -0.15) is 0 Å². The summed E-state index contributed by atoms with van der Waals surface area (Å²) in [5.41, 5.74) is 5.01. The molecule has 19 heavy (non-hydrogen) atoms. The van der Waals surface area contributed by atoms with E-state index in [-0.39, 0.29) is 0 Å². The molecule has 2 aliphatic carbocycles. The highest BCUT2D eigenvalue weighted by Gasteiger charge is 2.59. The summed E-state index contributed by atoms with van der Waals surface area (Å²) in [6.45, 7) is 12.3. The summed E-state index contributed by atoms with van der Waals surface area (Å²) in [4.78, 5) is 0. The molecular formula is C17H32N2. The first-order valence-electron chi connectivity index (χ1n) is 8.39. The van der Waals surface area contributed by atoms with Crippen LogP contribution >= 0.6 is 0 Å². The van der Waals surface area contributed by atoms with Crippen LogP contribution in [0.25, 0.3) is 0 Å². The van der Waals surface area contributed by atoms with E-state index < -0.39 is 0 Å². The molecule has 0 aromatic rings. The quantitative estimate of drug-likeness (QED) is 0.812. The molecule has 2 bridgehead atoms. The molecule has 5 atom stereocenters. The first kappa shape index (κ1) is 13.9. The Balaban J connectivity index is 1.78. The van der Waals surface area contributed by atoms with Crippen molar-refractivity contribution in [3.63, 3.8) is 0 Å². The van der Waals surface area contributed by atoms with Crippen LogP contribution in [-0.4, -0.2) is 23.1 Å². The average molecular weight is 264 g/mol. The molecule has 3 aliphatic rings. The molecule has 0 aromatic heterocycles. The highest BCUT2D eigenvalue weighted by Crippen LogP contribution is 2.62. The van der Waals surface area contributed by atoms with Gasteiger partial charge < -0.3 is 0 Å². The number of nitrogens with zero attached hydrogens (tertiary/aromatic N) is 1. The van der Waals surface area contributed by atoms with Gasteiger partial charge in [-0.15, -0.1) is 0 Å². The molecular weight excluding hydrogens is 232 g/mol. The van der Waals surface area contributed by atoms with Crippen LogP contribution in [0.3, 0.4) is 0 Å². The Labute approximate surface area is 119 Å². The largest absolute Gasteiger partial charge is 0.251 e. The van der Waals surface area contributed by atoms with E-state index in [0.29, 0.717) is 29.0 Å². The van der Waals surface area contributed by atoms with E-state index in [1.165, 1.54) is 38.5 Å². The Morgan fingerprint density at radius 3 is 2.16 bits per heavy atom.